The summed E-state index contributed by atoms with van der Waals surface area (Å²) in [6.07, 6.45) is 0. The highest BCUT2D eigenvalue weighted by molar-refractivity contribution is 6.07. The maximum atomic E-state index is 13.1. The van der Waals surface area contributed by atoms with E-state index in [4.69, 9.17) is 14.0 Å². The number of carbonyl (C=O) groups excluding carboxylic acids is 2. The van der Waals surface area contributed by atoms with E-state index in [1.807, 2.05) is 31.2 Å². The van der Waals surface area contributed by atoms with Gasteiger partial charge < -0.3 is 19.3 Å². The molecule has 0 aliphatic carbocycles. The van der Waals surface area contributed by atoms with Crippen LogP contribution in [-0.4, -0.2) is 33.8 Å². The van der Waals surface area contributed by atoms with Gasteiger partial charge >= 0.3 is 6.03 Å². The molecule has 1 fully saturated rings. The van der Waals surface area contributed by atoms with Crippen LogP contribution in [0.2, 0.25) is 0 Å². The van der Waals surface area contributed by atoms with Crippen molar-refractivity contribution in [2.75, 3.05) is 6.79 Å². The third-order valence-corrected chi connectivity index (χ3v) is 5.29. The molecular weight excluding hydrogens is 388 g/mol. The minimum absolute atomic E-state index is 0.0971. The molecule has 3 amide bonds. The fourth-order valence-electron chi connectivity index (χ4n) is 3.52. The number of aryl methyl sites for hydroxylation is 1. The van der Waals surface area contributed by atoms with E-state index in [0.717, 1.165) is 16.0 Å². The van der Waals surface area contributed by atoms with Gasteiger partial charge in [0.25, 0.3) is 11.8 Å². The van der Waals surface area contributed by atoms with Gasteiger partial charge in [0.1, 0.15) is 5.54 Å². The van der Waals surface area contributed by atoms with Crippen molar-refractivity contribution >= 4 is 11.9 Å². The number of imide groups is 1. The van der Waals surface area contributed by atoms with Gasteiger partial charge in [0, 0.05) is 5.56 Å². The molecule has 1 atom stereocenters. The topological polar surface area (TPSA) is 107 Å². The second-order valence-corrected chi connectivity index (χ2v) is 7.40. The van der Waals surface area contributed by atoms with Gasteiger partial charge in [0.2, 0.25) is 6.79 Å². The second-order valence-electron chi connectivity index (χ2n) is 7.40. The number of hydrogen-bond donors (Lipinski definition) is 1. The first-order valence-electron chi connectivity index (χ1n) is 9.38. The molecule has 5 rings (SSSR count). The molecule has 9 nitrogen and oxygen atoms in total. The molecular formula is C21H18N4O5. The summed E-state index contributed by atoms with van der Waals surface area (Å²) in [5.41, 5.74) is 1.24. The molecule has 1 saturated heterocycles. The standard InChI is InChI=1S/C21H18N4O5/c1-12-3-5-13(6-4-12)18-22-17(24-30-18)10-25-19(26)21(2,23-20(25)27)14-7-8-15-16(9-14)29-11-28-15/h3-9H,10-11H2,1-2H3,(H,23,27). The maximum absolute atomic E-state index is 13.1. The number of urea groups is 1. The number of hydrogen-bond acceptors (Lipinski definition) is 7. The van der Waals surface area contributed by atoms with Crippen LogP contribution in [0.3, 0.4) is 0 Å². The number of ether oxygens (including phenoxy) is 2. The van der Waals surface area contributed by atoms with Crippen molar-refractivity contribution in [3.8, 4) is 23.0 Å². The zero-order valence-corrected chi connectivity index (χ0v) is 16.3. The summed E-state index contributed by atoms with van der Waals surface area (Å²) in [7, 11) is 0. The molecule has 3 aromatic rings. The smallest absolute Gasteiger partial charge is 0.325 e. The number of nitrogens with one attached hydrogen (secondary N) is 1. The Morgan fingerprint density at radius 2 is 1.87 bits per heavy atom. The molecule has 2 aliphatic rings. The predicted molar refractivity (Wildman–Crippen MR) is 103 cm³/mol. The molecule has 30 heavy (non-hydrogen) atoms. The van der Waals surface area contributed by atoms with Gasteiger partial charge in [-0.15, -0.1) is 0 Å². The van der Waals surface area contributed by atoms with Crippen molar-refractivity contribution in [1.29, 1.82) is 0 Å². The Balaban J connectivity index is 1.38. The lowest BCUT2D eigenvalue weighted by Crippen LogP contribution is -2.40. The highest BCUT2D eigenvalue weighted by atomic mass is 16.7. The lowest BCUT2D eigenvalue weighted by atomic mass is 9.91. The van der Waals surface area contributed by atoms with Crippen LogP contribution in [0, 0.1) is 6.92 Å². The molecule has 1 aromatic heterocycles. The van der Waals surface area contributed by atoms with Crippen molar-refractivity contribution in [3.05, 3.63) is 59.4 Å². The van der Waals surface area contributed by atoms with E-state index < -0.39 is 17.5 Å². The van der Waals surface area contributed by atoms with E-state index in [0.29, 0.717) is 23.0 Å². The van der Waals surface area contributed by atoms with Crippen molar-refractivity contribution in [1.82, 2.24) is 20.4 Å². The van der Waals surface area contributed by atoms with Gasteiger partial charge in [0.15, 0.2) is 17.3 Å². The Morgan fingerprint density at radius 3 is 2.67 bits per heavy atom. The Bertz CT molecular complexity index is 1160. The molecule has 0 spiro atoms. The number of carbonyl (C=O) groups is 2. The Hall–Kier alpha value is -3.88. The fourth-order valence-corrected chi connectivity index (χ4v) is 3.52. The molecule has 0 saturated carbocycles. The van der Waals surface area contributed by atoms with Crippen molar-refractivity contribution in [2.24, 2.45) is 0 Å². The first-order valence-corrected chi connectivity index (χ1v) is 9.38. The minimum Gasteiger partial charge on any atom is -0.454 e. The maximum Gasteiger partial charge on any atom is 0.325 e. The number of amides is 3. The van der Waals surface area contributed by atoms with Crippen molar-refractivity contribution in [2.45, 2.75) is 25.9 Å². The summed E-state index contributed by atoms with van der Waals surface area (Å²) in [6.45, 7) is 3.67. The summed E-state index contributed by atoms with van der Waals surface area (Å²) < 4.78 is 16.0. The number of rotatable bonds is 4. The summed E-state index contributed by atoms with van der Waals surface area (Å²) in [5.74, 6) is 1.30. The Kier molecular flexibility index (Phi) is 3.99. The quantitative estimate of drug-likeness (QED) is 0.664. The third kappa shape index (κ3) is 2.86. The fraction of sp³-hybridized carbons (Fsp3) is 0.238. The molecule has 3 heterocycles. The van der Waals surface area contributed by atoms with Gasteiger partial charge in [-0.1, -0.05) is 28.9 Å². The average Bonchev–Trinajstić information content (AvgIpc) is 3.44. The third-order valence-electron chi connectivity index (χ3n) is 5.29. The van der Waals surface area contributed by atoms with E-state index in [2.05, 4.69) is 15.5 Å². The van der Waals surface area contributed by atoms with Crippen LogP contribution in [0.25, 0.3) is 11.5 Å². The highest BCUT2D eigenvalue weighted by Crippen LogP contribution is 2.38. The average molecular weight is 406 g/mol. The minimum atomic E-state index is -1.23. The van der Waals surface area contributed by atoms with Crippen LogP contribution < -0.4 is 14.8 Å². The molecule has 152 valence electrons. The molecule has 9 heteroatoms. The van der Waals surface area contributed by atoms with Gasteiger partial charge in [0.05, 0.1) is 6.54 Å². The van der Waals surface area contributed by atoms with Crippen LogP contribution in [0.15, 0.2) is 47.0 Å². The van der Waals surface area contributed by atoms with Gasteiger partial charge in [-0.05, 0) is 43.7 Å². The zero-order chi connectivity index (χ0) is 20.9. The lowest BCUT2D eigenvalue weighted by molar-refractivity contribution is -0.131. The van der Waals surface area contributed by atoms with Crippen LogP contribution >= 0.6 is 0 Å². The summed E-state index contributed by atoms with van der Waals surface area (Å²) in [6, 6.07) is 12.3. The highest BCUT2D eigenvalue weighted by Gasteiger charge is 2.49. The van der Waals surface area contributed by atoms with Crippen LogP contribution in [0.5, 0.6) is 11.5 Å². The van der Waals surface area contributed by atoms with Crippen LogP contribution in [0.4, 0.5) is 4.79 Å². The lowest BCUT2D eigenvalue weighted by Gasteiger charge is -2.22. The molecule has 2 aliphatic heterocycles. The summed E-state index contributed by atoms with van der Waals surface area (Å²) >= 11 is 0. The van der Waals surface area contributed by atoms with Crippen molar-refractivity contribution < 1.29 is 23.6 Å². The Morgan fingerprint density at radius 1 is 1.10 bits per heavy atom. The Labute approximate surface area is 171 Å². The van der Waals surface area contributed by atoms with Gasteiger partial charge in [-0.25, -0.2) is 4.79 Å². The number of benzene rings is 2. The molecule has 1 unspecified atom stereocenters. The van der Waals surface area contributed by atoms with E-state index in [1.54, 1.807) is 25.1 Å². The number of fused-ring (bicyclic) bond motifs is 1. The monoisotopic (exact) mass is 406 g/mol. The van der Waals surface area contributed by atoms with Crippen LogP contribution in [0.1, 0.15) is 23.9 Å². The zero-order valence-electron chi connectivity index (χ0n) is 16.3. The molecule has 0 radical (unpaired) electrons. The van der Waals surface area contributed by atoms with Gasteiger partial charge in [-0.2, -0.15) is 4.98 Å². The van der Waals surface area contributed by atoms with E-state index in [9.17, 15) is 9.59 Å². The molecule has 0 bridgehead atoms. The predicted octanol–water partition coefficient (Wildman–Crippen LogP) is 2.74. The SMILES string of the molecule is Cc1ccc(-c2nc(CN3C(=O)NC(C)(c4ccc5c(c4)OCO5)C3=O)no2)cc1. The first kappa shape index (κ1) is 18.2. The summed E-state index contributed by atoms with van der Waals surface area (Å²) in [4.78, 5) is 31.1. The van der Waals surface area contributed by atoms with Crippen molar-refractivity contribution in [3.63, 3.8) is 0 Å². The molecule has 2 aromatic carbocycles. The van der Waals surface area contributed by atoms with Gasteiger partial charge in [-0.3, -0.25) is 9.69 Å². The summed E-state index contributed by atoms with van der Waals surface area (Å²) in [5, 5.41) is 6.68. The second kappa shape index (κ2) is 6.58. The van der Waals surface area contributed by atoms with E-state index in [-0.39, 0.29) is 19.2 Å². The van der Waals surface area contributed by atoms with E-state index in [1.165, 1.54) is 0 Å². The number of nitrogens with zero attached hydrogens (tertiary/aromatic N) is 3. The van der Waals surface area contributed by atoms with E-state index >= 15 is 0 Å². The molecule has 1 N–H and O–H groups in total. The van der Waals surface area contributed by atoms with Crippen LogP contribution in [-0.2, 0) is 16.9 Å². The largest absolute Gasteiger partial charge is 0.454 e. The first-order chi connectivity index (χ1) is 14.4. The normalized spacial score (nSPS) is 20.0. The number of aromatic nitrogens is 2.